The molecule has 0 aromatic heterocycles. The highest BCUT2D eigenvalue weighted by molar-refractivity contribution is 5.94. The summed E-state index contributed by atoms with van der Waals surface area (Å²) in [5.41, 5.74) is 6.81. The molecule has 0 saturated heterocycles. The molecule has 4 nitrogen and oxygen atoms in total. The van der Waals surface area contributed by atoms with Crippen LogP contribution in [0.2, 0.25) is 0 Å². The third-order valence-electron chi connectivity index (χ3n) is 5.01. The molecule has 1 aromatic rings. The zero-order valence-electron chi connectivity index (χ0n) is 12.5. The summed E-state index contributed by atoms with van der Waals surface area (Å²) in [6.07, 6.45) is 5.73. The number of methoxy groups -OCH3 is 1. The summed E-state index contributed by atoms with van der Waals surface area (Å²) >= 11 is 0. The predicted octanol–water partition coefficient (Wildman–Crippen LogP) is 2.33. The number of carbonyl (C=O) groups excluding carboxylic acids is 1. The molecule has 0 aliphatic heterocycles. The molecule has 2 unspecified atom stereocenters. The van der Waals surface area contributed by atoms with Gasteiger partial charge < -0.3 is 15.8 Å². The topological polar surface area (TPSA) is 64.3 Å². The van der Waals surface area contributed by atoms with Crippen molar-refractivity contribution in [3.05, 3.63) is 29.8 Å². The Balaban J connectivity index is 1.72. The van der Waals surface area contributed by atoms with E-state index in [1.165, 1.54) is 19.3 Å². The monoisotopic (exact) mass is 288 g/mol. The van der Waals surface area contributed by atoms with E-state index in [4.69, 9.17) is 10.5 Å². The van der Waals surface area contributed by atoms with Crippen molar-refractivity contribution >= 4 is 5.91 Å². The van der Waals surface area contributed by atoms with Gasteiger partial charge in [0.05, 0.1) is 7.11 Å². The highest BCUT2D eigenvalue weighted by Crippen LogP contribution is 2.39. The standard InChI is InChI=1S/C17H24N2O2/c1-21-15-7-3-6-13(10-15)17(20)19-16-11-4-2-5-12(16)9-14(18)8-11/h3,6-7,10-12,14,16H,2,4-5,8-9,18H2,1H3,(H,19,20). The fourth-order valence-electron chi connectivity index (χ4n) is 4.02. The molecule has 0 spiro atoms. The maximum atomic E-state index is 12.5. The summed E-state index contributed by atoms with van der Waals surface area (Å²) in [5.74, 6) is 1.81. The lowest BCUT2D eigenvalue weighted by molar-refractivity contribution is 0.0755. The smallest absolute Gasteiger partial charge is 0.251 e. The van der Waals surface area contributed by atoms with E-state index in [0.717, 1.165) is 12.8 Å². The first-order valence-electron chi connectivity index (χ1n) is 7.88. The predicted molar refractivity (Wildman–Crippen MR) is 82.3 cm³/mol. The van der Waals surface area contributed by atoms with Crippen molar-refractivity contribution in [3.8, 4) is 5.75 Å². The van der Waals surface area contributed by atoms with Gasteiger partial charge in [-0.1, -0.05) is 12.5 Å². The lowest BCUT2D eigenvalue weighted by Crippen LogP contribution is -2.53. The minimum absolute atomic E-state index is 0.00581. The average Bonchev–Trinajstić information content (AvgIpc) is 2.48. The van der Waals surface area contributed by atoms with E-state index in [-0.39, 0.29) is 11.9 Å². The third-order valence-corrected chi connectivity index (χ3v) is 5.01. The van der Waals surface area contributed by atoms with Gasteiger partial charge in [-0.3, -0.25) is 4.79 Å². The molecule has 2 aliphatic rings. The second-order valence-corrected chi connectivity index (χ2v) is 6.41. The van der Waals surface area contributed by atoms with E-state index in [1.807, 2.05) is 18.2 Å². The van der Waals surface area contributed by atoms with Gasteiger partial charge in [-0.05, 0) is 55.7 Å². The molecule has 2 bridgehead atoms. The number of fused-ring (bicyclic) bond motifs is 2. The number of carbonyl (C=O) groups is 1. The molecule has 0 heterocycles. The van der Waals surface area contributed by atoms with Gasteiger partial charge >= 0.3 is 0 Å². The van der Waals surface area contributed by atoms with Gasteiger partial charge in [-0.15, -0.1) is 0 Å². The first-order chi connectivity index (χ1) is 10.2. The van der Waals surface area contributed by atoms with Gasteiger partial charge in [-0.25, -0.2) is 0 Å². The number of amides is 1. The Morgan fingerprint density at radius 2 is 2.00 bits per heavy atom. The second-order valence-electron chi connectivity index (χ2n) is 6.41. The van der Waals surface area contributed by atoms with Crippen molar-refractivity contribution in [1.82, 2.24) is 5.32 Å². The zero-order valence-corrected chi connectivity index (χ0v) is 12.5. The fourth-order valence-corrected chi connectivity index (χ4v) is 4.02. The average molecular weight is 288 g/mol. The molecule has 0 radical (unpaired) electrons. The minimum atomic E-state index is 0.00581. The highest BCUT2D eigenvalue weighted by atomic mass is 16.5. The minimum Gasteiger partial charge on any atom is -0.497 e. The molecular formula is C17H24N2O2. The molecule has 2 saturated carbocycles. The van der Waals surface area contributed by atoms with Crippen LogP contribution < -0.4 is 15.8 Å². The van der Waals surface area contributed by atoms with Crippen molar-refractivity contribution < 1.29 is 9.53 Å². The van der Waals surface area contributed by atoms with Crippen LogP contribution in [0.15, 0.2) is 24.3 Å². The Morgan fingerprint density at radius 1 is 1.29 bits per heavy atom. The highest BCUT2D eigenvalue weighted by Gasteiger charge is 2.39. The summed E-state index contributed by atoms with van der Waals surface area (Å²) < 4.78 is 5.19. The maximum Gasteiger partial charge on any atom is 0.251 e. The van der Waals surface area contributed by atoms with Gasteiger partial charge in [0.1, 0.15) is 5.75 Å². The lowest BCUT2D eigenvalue weighted by Gasteiger charge is -2.45. The van der Waals surface area contributed by atoms with Gasteiger partial charge in [0, 0.05) is 17.6 Å². The van der Waals surface area contributed by atoms with Crippen molar-refractivity contribution in [1.29, 1.82) is 0 Å². The van der Waals surface area contributed by atoms with Crippen molar-refractivity contribution in [2.24, 2.45) is 17.6 Å². The Labute approximate surface area is 126 Å². The fraction of sp³-hybridized carbons (Fsp3) is 0.588. The van der Waals surface area contributed by atoms with Crippen molar-refractivity contribution in [2.45, 2.75) is 44.2 Å². The summed E-state index contributed by atoms with van der Waals surface area (Å²) in [5, 5.41) is 3.26. The summed E-state index contributed by atoms with van der Waals surface area (Å²) in [6, 6.07) is 7.93. The molecule has 2 fully saturated rings. The molecule has 21 heavy (non-hydrogen) atoms. The quantitative estimate of drug-likeness (QED) is 0.897. The largest absolute Gasteiger partial charge is 0.497 e. The van der Waals surface area contributed by atoms with Gasteiger partial charge in [0.2, 0.25) is 0 Å². The number of rotatable bonds is 3. The number of hydrogen-bond acceptors (Lipinski definition) is 3. The molecular weight excluding hydrogens is 264 g/mol. The molecule has 3 N–H and O–H groups in total. The third kappa shape index (κ3) is 3.05. The summed E-state index contributed by atoms with van der Waals surface area (Å²) in [4.78, 5) is 12.5. The van der Waals surface area contributed by atoms with E-state index >= 15 is 0 Å². The van der Waals surface area contributed by atoms with Gasteiger partial charge in [0.15, 0.2) is 0 Å². The first-order valence-corrected chi connectivity index (χ1v) is 7.88. The number of hydrogen-bond donors (Lipinski definition) is 2. The summed E-state index contributed by atoms with van der Waals surface area (Å²) in [7, 11) is 1.62. The van der Waals surface area contributed by atoms with Crippen molar-refractivity contribution in [3.63, 3.8) is 0 Å². The van der Waals surface area contributed by atoms with E-state index in [2.05, 4.69) is 5.32 Å². The van der Waals surface area contributed by atoms with E-state index < -0.39 is 0 Å². The molecule has 3 rings (SSSR count). The number of ether oxygens (including phenoxy) is 1. The van der Waals surface area contributed by atoms with Gasteiger partial charge in [0.25, 0.3) is 5.91 Å². The van der Waals surface area contributed by atoms with Crippen LogP contribution in [0, 0.1) is 11.8 Å². The Hall–Kier alpha value is -1.55. The van der Waals surface area contributed by atoms with Crippen LogP contribution in [-0.2, 0) is 0 Å². The lowest BCUT2D eigenvalue weighted by atomic mass is 9.67. The molecule has 1 aromatic carbocycles. The van der Waals surface area contributed by atoms with Crippen LogP contribution in [0.25, 0.3) is 0 Å². The molecule has 4 heteroatoms. The Bertz CT molecular complexity index is 503. The SMILES string of the molecule is COc1cccc(C(=O)NC2C3CCCC2CC(N)C3)c1. The second kappa shape index (κ2) is 6.06. The Morgan fingerprint density at radius 3 is 2.67 bits per heavy atom. The maximum absolute atomic E-state index is 12.5. The van der Waals surface area contributed by atoms with Crippen LogP contribution in [-0.4, -0.2) is 25.1 Å². The van der Waals surface area contributed by atoms with Crippen LogP contribution in [0.5, 0.6) is 5.75 Å². The van der Waals surface area contributed by atoms with E-state index in [1.54, 1.807) is 13.2 Å². The van der Waals surface area contributed by atoms with E-state index in [9.17, 15) is 4.79 Å². The van der Waals surface area contributed by atoms with Crippen LogP contribution in [0.4, 0.5) is 0 Å². The normalized spacial score (nSPS) is 31.5. The molecule has 114 valence electrons. The molecule has 2 aliphatic carbocycles. The van der Waals surface area contributed by atoms with Crippen molar-refractivity contribution in [2.75, 3.05) is 7.11 Å². The van der Waals surface area contributed by atoms with E-state index in [0.29, 0.717) is 29.2 Å². The molecule has 1 amide bonds. The van der Waals surface area contributed by atoms with Gasteiger partial charge in [-0.2, -0.15) is 0 Å². The van der Waals surface area contributed by atoms with Crippen LogP contribution in [0.1, 0.15) is 42.5 Å². The number of benzene rings is 1. The van der Waals surface area contributed by atoms with Crippen LogP contribution in [0.3, 0.4) is 0 Å². The Kier molecular flexibility index (Phi) is 4.15. The number of nitrogens with two attached hydrogens (primary N) is 1. The first kappa shape index (κ1) is 14.4. The summed E-state index contributed by atoms with van der Waals surface area (Å²) in [6.45, 7) is 0. The van der Waals surface area contributed by atoms with Crippen LogP contribution >= 0.6 is 0 Å². The number of nitrogens with one attached hydrogen (secondary N) is 1. The zero-order chi connectivity index (χ0) is 14.8. The molecule has 2 atom stereocenters.